The molecule has 2 N–H and O–H groups in total. The lowest BCUT2D eigenvalue weighted by atomic mass is 10.1. The van der Waals surface area contributed by atoms with Crippen LogP contribution in [0.1, 0.15) is 17.2 Å². The van der Waals surface area contributed by atoms with Gasteiger partial charge in [-0.05, 0) is 30.7 Å². The van der Waals surface area contributed by atoms with Crippen LogP contribution in [0.5, 0.6) is 0 Å². The second-order valence-electron chi connectivity index (χ2n) is 5.06. The first-order valence-electron chi connectivity index (χ1n) is 6.67. The van der Waals surface area contributed by atoms with E-state index in [9.17, 15) is 0 Å². The molecule has 3 rings (SSSR count). The monoisotopic (exact) mass is 319 g/mol. The van der Waals surface area contributed by atoms with Crippen LogP contribution in [0, 0.1) is 6.92 Å². The molecule has 0 spiro atoms. The Kier molecular flexibility index (Phi) is 3.79. The molecule has 1 aliphatic heterocycles. The topological polar surface area (TPSA) is 41.6 Å². The number of rotatable bonds is 2. The van der Waals surface area contributed by atoms with Gasteiger partial charge in [0.25, 0.3) is 0 Å². The average Bonchev–Trinajstić information content (AvgIpc) is 2.85. The molecule has 0 amide bonds. The Morgan fingerprint density at radius 3 is 2.57 bits per heavy atom. The molecule has 1 heterocycles. The zero-order valence-corrected chi connectivity index (χ0v) is 13.1. The highest BCUT2D eigenvalue weighted by molar-refractivity contribution is 6.42. The van der Waals surface area contributed by atoms with Crippen LogP contribution in [0.2, 0.25) is 10.0 Å². The number of aliphatic imine (C=N–C) groups is 1. The summed E-state index contributed by atoms with van der Waals surface area (Å²) in [6.45, 7) is 2.62. The highest BCUT2D eigenvalue weighted by Crippen LogP contribution is 2.37. The van der Waals surface area contributed by atoms with Crippen LogP contribution in [0.15, 0.2) is 47.5 Å². The van der Waals surface area contributed by atoms with E-state index >= 15 is 0 Å². The first kappa shape index (κ1) is 14.2. The van der Waals surface area contributed by atoms with E-state index in [1.54, 1.807) is 6.07 Å². The lowest BCUT2D eigenvalue weighted by Gasteiger charge is -2.27. The van der Waals surface area contributed by atoms with E-state index in [0.29, 0.717) is 22.5 Å². The van der Waals surface area contributed by atoms with Gasteiger partial charge in [-0.25, -0.2) is 0 Å². The predicted octanol–water partition coefficient (Wildman–Crippen LogP) is 4.18. The zero-order valence-electron chi connectivity index (χ0n) is 11.6. The van der Waals surface area contributed by atoms with Crippen LogP contribution in [0.3, 0.4) is 0 Å². The van der Waals surface area contributed by atoms with Crippen LogP contribution >= 0.6 is 23.2 Å². The van der Waals surface area contributed by atoms with Crippen molar-refractivity contribution in [1.82, 2.24) is 0 Å². The Labute approximate surface area is 134 Å². The standard InChI is InChI=1S/C16H15Cl2N3/c1-10-5-7-11(8-6-10)21-14(9-20-16(21)19)12-3-2-4-13(17)15(12)18/h2-8,14H,9H2,1H3,(H2,19,20). The smallest absolute Gasteiger partial charge is 0.196 e. The fourth-order valence-corrected chi connectivity index (χ4v) is 2.96. The number of hydrogen-bond donors (Lipinski definition) is 1. The van der Waals surface area contributed by atoms with Crippen molar-refractivity contribution in [1.29, 1.82) is 0 Å². The van der Waals surface area contributed by atoms with Gasteiger partial charge >= 0.3 is 0 Å². The van der Waals surface area contributed by atoms with Crippen LogP contribution in [0.4, 0.5) is 5.69 Å². The summed E-state index contributed by atoms with van der Waals surface area (Å²) in [5.74, 6) is 0.500. The van der Waals surface area contributed by atoms with Gasteiger partial charge in [0.05, 0.1) is 22.6 Å². The molecule has 2 aromatic rings. The summed E-state index contributed by atoms with van der Waals surface area (Å²) < 4.78 is 0. The summed E-state index contributed by atoms with van der Waals surface area (Å²) in [6.07, 6.45) is 0. The molecule has 0 saturated heterocycles. The minimum absolute atomic E-state index is 0.0288. The minimum Gasteiger partial charge on any atom is -0.369 e. The van der Waals surface area contributed by atoms with Gasteiger partial charge in [0.1, 0.15) is 0 Å². The fraction of sp³-hybridized carbons (Fsp3) is 0.188. The van der Waals surface area contributed by atoms with Crippen molar-refractivity contribution in [2.24, 2.45) is 10.7 Å². The second-order valence-corrected chi connectivity index (χ2v) is 5.85. The quantitative estimate of drug-likeness (QED) is 0.902. The van der Waals surface area contributed by atoms with Crippen LogP contribution in [-0.4, -0.2) is 12.5 Å². The summed E-state index contributed by atoms with van der Waals surface area (Å²) in [5, 5.41) is 1.11. The number of nitrogens with two attached hydrogens (primary N) is 1. The molecule has 0 bridgehead atoms. The lowest BCUT2D eigenvalue weighted by molar-refractivity contribution is 0.769. The molecule has 2 aromatic carbocycles. The molecule has 0 fully saturated rings. The Morgan fingerprint density at radius 1 is 1.14 bits per heavy atom. The summed E-state index contributed by atoms with van der Waals surface area (Å²) in [6, 6.07) is 13.8. The maximum Gasteiger partial charge on any atom is 0.196 e. The molecule has 0 radical (unpaired) electrons. The van der Waals surface area contributed by atoms with E-state index in [4.69, 9.17) is 28.9 Å². The molecule has 108 valence electrons. The number of hydrogen-bond acceptors (Lipinski definition) is 3. The summed E-state index contributed by atoms with van der Waals surface area (Å²) in [5.41, 5.74) is 9.20. The number of nitrogens with zero attached hydrogens (tertiary/aromatic N) is 2. The summed E-state index contributed by atoms with van der Waals surface area (Å²) >= 11 is 12.5. The zero-order chi connectivity index (χ0) is 15.0. The van der Waals surface area contributed by atoms with E-state index < -0.39 is 0 Å². The van der Waals surface area contributed by atoms with Gasteiger partial charge in [-0.3, -0.25) is 4.99 Å². The van der Waals surface area contributed by atoms with Crippen LogP contribution < -0.4 is 10.6 Å². The molecule has 1 atom stereocenters. The fourth-order valence-electron chi connectivity index (χ4n) is 2.53. The first-order chi connectivity index (χ1) is 10.1. The van der Waals surface area contributed by atoms with Crippen molar-refractivity contribution in [2.45, 2.75) is 13.0 Å². The SMILES string of the molecule is Cc1ccc(N2C(N)=NCC2c2cccc(Cl)c2Cl)cc1. The number of anilines is 1. The van der Waals surface area contributed by atoms with Gasteiger partial charge in [0.15, 0.2) is 5.96 Å². The average molecular weight is 320 g/mol. The van der Waals surface area contributed by atoms with E-state index in [0.717, 1.165) is 11.3 Å². The van der Waals surface area contributed by atoms with E-state index in [2.05, 4.69) is 24.0 Å². The Hall–Kier alpha value is -1.71. The molecule has 21 heavy (non-hydrogen) atoms. The molecule has 0 saturated carbocycles. The van der Waals surface area contributed by atoms with Gasteiger partial charge in [0, 0.05) is 5.69 Å². The highest BCUT2D eigenvalue weighted by Gasteiger charge is 2.30. The Morgan fingerprint density at radius 2 is 1.86 bits per heavy atom. The summed E-state index contributed by atoms with van der Waals surface area (Å²) in [4.78, 5) is 6.36. The number of aryl methyl sites for hydroxylation is 1. The molecular formula is C16H15Cl2N3. The predicted molar refractivity (Wildman–Crippen MR) is 89.4 cm³/mol. The second kappa shape index (κ2) is 5.58. The van der Waals surface area contributed by atoms with E-state index in [1.165, 1.54) is 5.56 Å². The number of halogens is 2. The molecule has 1 aliphatic rings. The van der Waals surface area contributed by atoms with Crippen molar-refractivity contribution in [2.75, 3.05) is 11.4 Å². The Bertz CT molecular complexity index is 695. The molecular weight excluding hydrogens is 305 g/mol. The molecule has 1 unspecified atom stereocenters. The third kappa shape index (κ3) is 2.59. The van der Waals surface area contributed by atoms with E-state index in [-0.39, 0.29) is 6.04 Å². The van der Waals surface area contributed by atoms with Crippen molar-refractivity contribution in [3.63, 3.8) is 0 Å². The number of benzene rings is 2. The third-order valence-corrected chi connectivity index (χ3v) is 4.47. The highest BCUT2D eigenvalue weighted by atomic mass is 35.5. The van der Waals surface area contributed by atoms with Gasteiger partial charge in [-0.15, -0.1) is 0 Å². The maximum absolute atomic E-state index is 6.35. The van der Waals surface area contributed by atoms with Crippen molar-refractivity contribution in [3.05, 3.63) is 63.6 Å². The van der Waals surface area contributed by atoms with Crippen LogP contribution in [0.25, 0.3) is 0 Å². The van der Waals surface area contributed by atoms with Crippen molar-refractivity contribution < 1.29 is 0 Å². The molecule has 0 aliphatic carbocycles. The molecule has 0 aromatic heterocycles. The van der Waals surface area contributed by atoms with Crippen molar-refractivity contribution >= 4 is 34.8 Å². The lowest BCUT2D eigenvalue weighted by Crippen LogP contribution is -2.36. The number of guanidine groups is 1. The minimum atomic E-state index is -0.0288. The van der Waals surface area contributed by atoms with Gasteiger partial charge in [-0.2, -0.15) is 0 Å². The van der Waals surface area contributed by atoms with Gasteiger partial charge in [-0.1, -0.05) is 53.0 Å². The molecule has 5 heteroatoms. The normalized spacial score (nSPS) is 18.0. The largest absolute Gasteiger partial charge is 0.369 e. The first-order valence-corrected chi connectivity index (χ1v) is 7.43. The van der Waals surface area contributed by atoms with Crippen molar-refractivity contribution in [3.8, 4) is 0 Å². The summed E-state index contributed by atoms with van der Waals surface area (Å²) in [7, 11) is 0. The van der Waals surface area contributed by atoms with Gasteiger partial charge in [0.2, 0.25) is 0 Å². The van der Waals surface area contributed by atoms with Gasteiger partial charge < -0.3 is 10.6 Å². The third-order valence-electron chi connectivity index (χ3n) is 3.64. The van der Waals surface area contributed by atoms with Crippen LogP contribution in [-0.2, 0) is 0 Å². The maximum atomic E-state index is 6.35. The molecule has 3 nitrogen and oxygen atoms in total. The van der Waals surface area contributed by atoms with E-state index in [1.807, 2.05) is 29.2 Å². The Balaban J connectivity index is 2.03.